The SMILES string of the molecule is COC(=O)c1nc(C2CC2)nc(N(C)c2c(Cl)cccc2Cl)c1Cl. The lowest BCUT2D eigenvalue weighted by Crippen LogP contribution is -2.18. The summed E-state index contributed by atoms with van der Waals surface area (Å²) in [5, 5.41) is 1.00. The molecule has 0 atom stereocenters. The van der Waals surface area contributed by atoms with Crippen LogP contribution < -0.4 is 4.90 Å². The molecule has 0 unspecified atom stereocenters. The molecule has 1 saturated carbocycles. The van der Waals surface area contributed by atoms with Crippen LogP contribution in [0.5, 0.6) is 0 Å². The van der Waals surface area contributed by atoms with Crippen molar-refractivity contribution < 1.29 is 9.53 Å². The Labute approximate surface area is 154 Å². The molecule has 0 radical (unpaired) electrons. The average Bonchev–Trinajstić information content (AvgIpc) is 3.39. The molecule has 0 saturated heterocycles. The van der Waals surface area contributed by atoms with E-state index in [2.05, 4.69) is 9.97 Å². The van der Waals surface area contributed by atoms with E-state index in [1.54, 1.807) is 30.1 Å². The summed E-state index contributed by atoms with van der Waals surface area (Å²) in [5.74, 6) is 0.567. The van der Waals surface area contributed by atoms with Gasteiger partial charge in [0.2, 0.25) is 0 Å². The van der Waals surface area contributed by atoms with E-state index >= 15 is 0 Å². The predicted octanol–water partition coefficient (Wildman–Crippen LogP) is 4.87. The number of anilines is 2. The van der Waals surface area contributed by atoms with Gasteiger partial charge in [0, 0.05) is 13.0 Å². The number of carbonyl (C=O) groups excluding carboxylic acids is 1. The molecule has 0 bridgehead atoms. The molecule has 126 valence electrons. The Bertz CT molecular complexity index is 789. The molecule has 8 heteroatoms. The maximum atomic E-state index is 12.0. The topological polar surface area (TPSA) is 55.3 Å². The van der Waals surface area contributed by atoms with Gasteiger partial charge >= 0.3 is 5.97 Å². The minimum absolute atomic E-state index is 0.0427. The molecule has 24 heavy (non-hydrogen) atoms. The second kappa shape index (κ2) is 6.75. The van der Waals surface area contributed by atoms with E-state index in [0.717, 1.165) is 12.8 Å². The highest BCUT2D eigenvalue weighted by Gasteiger charge is 2.31. The molecular formula is C16H14Cl3N3O2. The number of para-hydroxylation sites is 1. The van der Waals surface area contributed by atoms with E-state index in [9.17, 15) is 4.79 Å². The molecule has 5 nitrogen and oxygen atoms in total. The Morgan fingerprint density at radius 2 is 1.83 bits per heavy atom. The quantitative estimate of drug-likeness (QED) is 0.702. The molecule has 1 fully saturated rings. The lowest BCUT2D eigenvalue weighted by Gasteiger charge is -2.23. The summed E-state index contributed by atoms with van der Waals surface area (Å²) < 4.78 is 4.78. The first-order chi connectivity index (χ1) is 11.4. The molecule has 0 aliphatic heterocycles. The van der Waals surface area contributed by atoms with E-state index in [0.29, 0.717) is 27.4 Å². The van der Waals surface area contributed by atoms with Crippen molar-refractivity contribution in [1.82, 2.24) is 9.97 Å². The first-order valence-corrected chi connectivity index (χ1v) is 8.41. The summed E-state index contributed by atoms with van der Waals surface area (Å²) in [5.41, 5.74) is 0.597. The summed E-state index contributed by atoms with van der Waals surface area (Å²) in [6.45, 7) is 0. The predicted molar refractivity (Wildman–Crippen MR) is 94.9 cm³/mol. The van der Waals surface area contributed by atoms with Gasteiger partial charge in [0.1, 0.15) is 10.8 Å². The van der Waals surface area contributed by atoms with E-state index < -0.39 is 5.97 Å². The van der Waals surface area contributed by atoms with Gasteiger partial charge in [0.15, 0.2) is 11.5 Å². The van der Waals surface area contributed by atoms with Crippen molar-refractivity contribution >= 4 is 52.3 Å². The molecular weight excluding hydrogens is 373 g/mol. The Kier molecular flexibility index (Phi) is 4.85. The summed E-state index contributed by atoms with van der Waals surface area (Å²) in [7, 11) is 3.02. The van der Waals surface area contributed by atoms with Crippen LogP contribution in [0.2, 0.25) is 15.1 Å². The molecule has 1 aliphatic rings. The van der Waals surface area contributed by atoms with Gasteiger partial charge in [-0.2, -0.15) is 0 Å². The first kappa shape index (κ1) is 17.3. The number of esters is 1. The van der Waals surface area contributed by atoms with Gasteiger partial charge in [-0.15, -0.1) is 0 Å². The van der Waals surface area contributed by atoms with Crippen molar-refractivity contribution in [2.24, 2.45) is 0 Å². The highest BCUT2D eigenvalue weighted by atomic mass is 35.5. The molecule has 1 aliphatic carbocycles. The van der Waals surface area contributed by atoms with Crippen molar-refractivity contribution in [1.29, 1.82) is 0 Å². The van der Waals surface area contributed by atoms with E-state index in [1.165, 1.54) is 7.11 Å². The molecule has 0 N–H and O–H groups in total. The van der Waals surface area contributed by atoms with Crippen LogP contribution in [0.15, 0.2) is 18.2 Å². The Balaban J connectivity index is 2.15. The molecule has 0 amide bonds. The number of hydrogen-bond acceptors (Lipinski definition) is 5. The number of benzene rings is 1. The zero-order chi connectivity index (χ0) is 17.4. The minimum Gasteiger partial charge on any atom is -0.464 e. The largest absolute Gasteiger partial charge is 0.464 e. The molecule has 2 aromatic rings. The molecule has 0 spiro atoms. The Morgan fingerprint density at radius 3 is 2.38 bits per heavy atom. The van der Waals surface area contributed by atoms with E-state index in [4.69, 9.17) is 39.5 Å². The van der Waals surface area contributed by atoms with Crippen LogP contribution in [0.1, 0.15) is 35.1 Å². The lowest BCUT2D eigenvalue weighted by atomic mass is 10.2. The summed E-state index contributed by atoms with van der Waals surface area (Å²) >= 11 is 18.9. The van der Waals surface area contributed by atoms with Crippen LogP contribution in [0.4, 0.5) is 11.5 Å². The number of hydrogen-bond donors (Lipinski definition) is 0. The zero-order valence-corrected chi connectivity index (χ0v) is 15.3. The molecule has 1 aromatic heterocycles. The maximum absolute atomic E-state index is 12.0. The highest BCUT2D eigenvalue weighted by molar-refractivity contribution is 6.40. The molecule has 3 rings (SSSR count). The van der Waals surface area contributed by atoms with Crippen LogP contribution in [-0.2, 0) is 4.74 Å². The maximum Gasteiger partial charge on any atom is 0.358 e. The number of nitrogens with zero attached hydrogens (tertiary/aromatic N) is 3. The first-order valence-electron chi connectivity index (χ1n) is 7.27. The smallest absolute Gasteiger partial charge is 0.358 e. The number of halogens is 3. The zero-order valence-electron chi connectivity index (χ0n) is 13.0. The Hall–Kier alpha value is -1.56. The second-order valence-electron chi connectivity index (χ2n) is 5.46. The van der Waals surface area contributed by atoms with E-state index in [1.807, 2.05) is 0 Å². The Morgan fingerprint density at radius 1 is 1.21 bits per heavy atom. The van der Waals surface area contributed by atoms with Crippen molar-refractivity contribution in [3.05, 3.63) is 44.8 Å². The van der Waals surface area contributed by atoms with Gasteiger partial charge in [-0.1, -0.05) is 40.9 Å². The van der Waals surface area contributed by atoms with Gasteiger partial charge < -0.3 is 9.64 Å². The van der Waals surface area contributed by atoms with Crippen LogP contribution >= 0.6 is 34.8 Å². The number of ether oxygens (including phenoxy) is 1. The van der Waals surface area contributed by atoms with Crippen LogP contribution in [-0.4, -0.2) is 30.1 Å². The van der Waals surface area contributed by atoms with E-state index in [-0.39, 0.29) is 16.6 Å². The van der Waals surface area contributed by atoms with Gasteiger partial charge in [-0.05, 0) is 25.0 Å². The normalized spacial score (nSPS) is 13.7. The highest BCUT2D eigenvalue weighted by Crippen LogP contribution is 2.43. The van der Waals surface area contributed by atoms with Crippen LogP contribution in [0.25, 0.3) is 0 Å². The van der Waals surface area contributed by atoms with Crippen molar-refractivity contribution in [2.75, 3.05) is 19.1 Å². The van der Waals surface area contributed by atoms with Gasteiger partial charge in [-0.3, -0.25) is 0 Å². The standard InChI is InChI=1S/C16H14Cl3N3O2/c1-22(13-9(17)4-3-5-10(13)18)15-11(19)12(16(23)24-2)20-14(21-15)8-6-7-8/h3-5,8H,6-7H2,1-2H3. The molecule has 1 heterocycles. The van der Waals surface area contributed by atoms with Gasteiger partial charge in [0.25, 0.3) is 0 Å². The fourth-order valence-corrected chi connectivity index (χ4v) is 3.29. The van der Waals surface area contributed by atoms with Crippen molar-refractivity contribution in [2.45, 2.75) is 18.8 Å². The molecule has 1 aromatic carbocycles. The number of aromatic nitrogens is 2. The van der Waals surface area contributed by atoms with Crippen LogP contribution in [0.3, 0.4) is 0 Å². The third kappa shape index (κ3) is 3.16. The summed E-state index contributed by atoms with van der Waals surface area (Å²) in [6, 6.07) is 5.19. The number of rotatable bonds is 4. The van der Waals surface area contributed by atoms with Gasteiger partial charge in [-0.25, -0.2) is 14.8 Å². The van der Waals surface area contributed by atoms with Crippen molar-refractivity contribution in [3.63, 3.8) is 0 Å². The fraction of sp³-hybridized carbons (Fsp3) is 0.312. The third-order valence-corrected chi connectivity index (χ3v) is 4.72. The monoisotopic (exact) mass is 385 g/mol. The van der Waals surface area contributed by atoms with Gasteiger partial charge in [0.05, 0.1) is 22.8 Å². The third-order valence-electron chi connectivity index (χ3n) is 3.76. The summed E-state index contributed by atoms with van der Waals surface area (Å²) in [6.07, 6.45) is 1.97. The minimum atomic E-state index is -0.607. The number of carbonyl (C=O) groups is 1. The second-order valence-corrected chi connectivity index (χ2v) is 6.66. The van der Waals surface area contributed by atoms with Crippen LogP contribution in [0, 0.1) is 0 Å². The summed E-state index contributed by atoms with van der Waals surface area (Å²) in [4.78, 5) is 22.5. The number of methoxy groups -OCH3 is 1. The lowest BCUT2D eigenvalue weighted by molar-refractivity contribution is 0.0593. The fourth-order valence-electron chi connectivity index (χ4n) is 2.35. The average molecular weight is 387 g/mol. The van der Waals surface area contributed by atoms with Crippen molar-refractivity contribution in [3.8, 4) is 0 Å².